The van der Waals surface area contributed by atoms with Gasteiger partial charge in [-0.25, -0.2) is 0 Å². The number of nitrogens with two attached hydrogens (primary N) is 1. The molecule has 0 amide bonds. The normalized spacial score (nSPS) is 10.9. The van der Waals surface area contributed by atoms with Crippen molar-refractivity contribution in [1.29, 1.82) is 0 Å². The van der Waals surface area contributed by atoms with Crippen LogP contribution in [0, 0.1) is 12.8 Å². The highest BCUT2D eigenvalue weighted by molar-refractivity contribution is 5.67. The average Bonchev–Trinajstić information content (AvgIpc) is 2.33. The van der Waals surface area contributed by atoms with Gasteiger partial charge in [0.2, 0.25) is 0 Å². The zero-order chi connectivity index (χ0) is 13.1. The summed E-state index contributed by atoms with van der Waals surface area (Å²) < 4.78 is 0. The Morgan fingerprint density at radius 1 is 0.944 bits per heavy atom. The van der Waals surface area contributed by atoms with Crippen LogP contribution in [0.4, 0.5) is 5.69 Å². The number of aryl methyl sites for hydroxylation is 1. The van der Waals surface area contributed by atoms with E-state index in [-0.39, 0.29) is 0 Å². The molecule has 0 aromatic heterocycles. The predicted octanol–water partition coefficient (Wildman–Crippen LogP) is 4.44. The van der Waals surface area contributed by atoms with Gasteiger partial charge >= 0.3 is 0 Å². The molecule has 2 aromatic carbocycles. The van der Waals surface area contributed by atoms with E-state index in [1.165, 1.54) is 16.7 Å². The molecule has 0 saturated heterocycles. The van der Waals surface area contributed by atoms with Crippen molar-refractivity contribution >= 4 is 5.69 Å². The minimum Gasteiger partial charge on any atom is -0.399 e. The maximum atomic E-state index is 5.85. The van der Waals surface area contributed by atoms with Crippen molar-refractivity contribution in [2.45, 2.75) is 27.2 Å². The van der Waals surface area contributed by atoms with Crippen molar-refractivity contribution in [3.05, 3.63) is 53.6 Å². The molecule has 0 unspecified atom stereocenters. The first-order valence-corrected chi connectivity index (χ1v) is 6.51. The number of benzene rings is 2. The zero-order valence-corrected chi connectivity index (χ0v) is 11.4. The minimum absolute atomic E-state index is 0.703. The van der Waals surface area contributed by atoms with E-state index in [0.717, 1.165) is 17.7 Å². The Morgan fingerprint density at radius 2 is 1.56 bits per heavy atom. The summed E-state index contributed by atoms with van der Waals surface area (Å²) in [4.78, 5) is 0. The molecule has 2 N–H and O–H groups in total. The molecule has 0 bridgehead atoms. The summed E-state index contributed by atoms with van der Waals surface area (Å²) in [5.74, 6) is 0.703. The Hall–Kier alpha value is -1.76. The Morgan fingerprint density at radius 3 is 2.11 bits per heavy atom. The maximum absolute atomic E-state index is 5.85. The summed E-state index contributed by atoms with van der Waals surface area (Å²) in [5, 5.41) is 0. The third-order valence-electron chi connectivity index (χ3n) is 3.20. The Kier molecular flexibility index (Phi) is 3.71. The number of hydrogen-bond donors (Lipinski definition) is 1. The van der Waals surface area contributed by atoms with Crippen LogP contribution in [0.25, 0.3) is 11.1 Å². The second-order valence-corrected chi connectivity index (χ2v) is 5.37. The largest absolute Gasteiger partial charge is 0.399 e. The van der Waals surface area contributed by atoms with Gasteiger partial charge in [-0.2, -0.15) is 0 Å². The van der Waals surface area contributed by atoms with Crippen LogP contribution in [0.3, 0.4) is 0 Å². The van der Waals surface area contributed by atoms with Crippen LogP contribution in [0.5, 0.6) is 0 Å². The molecule has 94 valence electrons. The molecule has 18 heavy (non-hydrogen) atoms. The lowest BCUT2D eigenvalue weighted by molar-refractivity contribution is 0.647. The van der Waals surface area contributed by atoms with Gasteiger partial charge in [0.1, 0.15) is 0 Å². The smallest absolute Gasteiger partial charge is 0.0344 e. The predicted molar refractivity (Wildman–Crippen MR) is 79.6 cm³/mol. The van der Waals surface area contributed by atoms with E-state index >= 15 is 0 Å². The summed E-state index contributed by atoms with van der Waals surface area (Å²) in [6.45, 7) is 6.54. The number of anilines is 1. The lowest BCUT2D eigenvalue weighted by atomic mass is 9.98. The van der Waals surface area contributed by atoms with Gasteiger partial charge in [0, 0.05) is 5.69 Å². The summed E-state index contributed by atoms with van der Waals surface area (Å²) in [6, 6.07) is 15.0. The third kappa shape index (κ3) is 2.92. The van der Waals surface area contributed by atoms with Gasteiger partial charge in [-0.3, -0.25) is 0 Å². The van der Waals surface area contributed by atoms with Crippen LogP contribution >= 0.6 is 0 Å². The van der Waals surface area contributed by atoms with Crippen molar-refractivity contribution < 1.29 is 0 Å². The van der Waals surface area contributed by atoms with Crippen LogP contribution in [0.1, 0.15) is 25.0 Å². The van der Waals surface area contributed by atoms with Crippen molar-refractivity contribution in [1.82, 2.24) is 0 Å². The first kappa shape index (κ1) is 12.7. The van der Waals surface area contributed by atoms with Gasteiger partial charge in [-0.1, -0.05) is 44.2 Å². The number of nitrogen functional groups attached to an aromatic ring is 1. The lowest BCUT2D eigenvalue weighted by Gasteiger charge is -2.08. The summed E-state index contributed by atoms with van der Waals surface area (Å²) in [6.07, 6.45) is 1.14. The second-order valence-electron chi connectivity index (χ2n) is 5.37. The Bertz CT molecular complexity index is 524. The molecule has 0 heterocycles. The third-order valence-corrected chi connectivity index (χ3v) is 3.20. The molecule has 0 aliphatic heterocycles. The molecule has 2 rings (SSSR count). The summed E-state index contributed by atoms with van der Waals surface area (Å²) in [5.41, 5.74) is 11.7. The standard InChI is InChI=1S/C17H21N/c1-12(2)10-14-4-6-15(7-5-14)16-8-9-17(18)13(3)11-16/h4-9,11-12H,10,18H2,1-3H3. The highest BCUT2D eigenvalue weighted by Crippen LogP contribution is 2.24. The van der Waals surface area contributed by atoms with Crippen molar-refractivity contribution in [2.24, 2.45) is 5.92 Å². The van der Waals surface area contributed by atoms with Gasteiger partial charge in [0.25, 0.3) is 0 Å². The van der Waals surface area contributed by atoms with Crippen LogP contribution in [0.15, 0.2) is 42.5 Å². The highest BCUT2D eigenvalue weighted by Gasteiger charge is 2.02. The molecule has 0 saturated carbocycles. The summed E-state index contributed by atoms with van der Waals surface area (Å²) in [7, 11) is 0. The van der Waals surface area contributed by atoms with Crippen molar-refractivity contribution in [2.75, 3.05) is 5.73 Å². The minimum atomic E-state index is 0.703. The molecule has 0 fully saturated rings. The van der Waals surface area contributed by atoms with Crippen molar-refractivity contribution in [3.8, 4) is 11.1 Å². The van der Waals surface area contributed by atoms with Gasteiger partial charge in [0.15, 0.2) is 0 Å². The maximum Gasteiger partial charge on any atom is 0.0344 e. The highest BCUT2D eigenvalue weighted by atomic mass is 14.5. The van der Waals surface area contributed by atoms with Gasteiger partial charge in [-0.15, -0.1) is 0 Å². The topological polar surface area (TPSA) is 26.0 Å². The van der Waals surface area contributed by atoms with Gasteiger partial charge < -0.3 is 5.73 Å². The quantitative estimate of drug-likeness (QED) is 0.787. The van der Waals surface area contributed by atoms with E-state index in [1.807, 2.05) is 13.0 Å². The molecule has 0 aliphatic rings. The fourth-order valence-corrected chi connectivity index (χ4v) is 2.16. The Balaban J connectivity index is 2.25. The van der Waals surface area contributed by atoms with Gasteiger partial charge in [-0.05, 0) is 53.6 Å². The molecular formula is C17H21N. The fraction of sp³-hybridized carbons (Fsp3) is 0.294. The monoisotopic (exact) mass is 239 g/mol. The SMILES string of the molecule is Cc1cc(-c2ccc(CC(C)C)cc2)ccc1N. The molecule has 0 atom stereocenters. The first-order valence-electron chi connectivity index (χ1n) is 6.51. The van der Waals surface area contributed by atoms with Crippen molar-refractivity contribution in [3.63, 3.8) is 0 Å². The molecule has 1 heteroatoms. The van der Waals surface area contributed by atoms with E-state index in [0.29, 0.717) is 5.92 Å². The van der Waals surface area contributed by atoms with E-state index < -0.39 is 0 Å². The second kappa shape index (κ2) is 5.26. The molecule has 0 aliphatic carbocycles. The zero-order valence-electron chi connectivity index (χ0n) is 11.4. The van der Waals surface area contributed by atoms with Crippen LogP contribution < -0.4 is 5.73 Å². The Labute approximate surface area is 110 Å². The molecule has 1 nitrogen and oxygen atoms in total. The van der Waals surface area contributed by atoms with Crippen LogP contribution in [0.2, 0.25) is 0 Å². The molecule has 2 aromatic rings. The average molecular weight is 239 g/mol. The van der Waals surface area contributed by atoms with E-state index in [1.54, 1.807) is 0 Å². The fourth-order valence-electron chi connectivity index (χ4n) is 2.16. The van der Waals surface area contributed by atoms with E-state index in [2.05, 4.69) is 50.2 Å². The summed E-state index contributed by atoms with van der Waals surface area (Å²) >= 11 is 0. The molecule has 0 radical (unpaired) electrons. The van der Waals surface area contributed by atoms with E-state index in [9.17, 15) is 0 Å². The van der Waals surface area contributed by atoms with Gasteiger partial charge in [0.05, 0.1) is 0 Å². The molecule has 0 spiro atoms. The number of rotatable bonds is 3. The first-order chi connectivity index (χ1) is 8.56. The lowest BCUT2D eigenvalue weighted by Crippen LogP contribution is -1.93. The van der Waals surface area contributed by atoms with Crippen LogP contribution in [-0.2, 0) is 6.42 Å². The van der Waals surface area contributed by atoms with E-state index in [4.69, 9.17) is 5.73 Å². The number of hydrogen-bond acceptors (Lipinski definition) is 1. The molecular weight excluding hydrogens is 218 g/mol. The van der Waals surface area contributed by atoms with Crippen LogP contribution in [-0.4, -0.2) is 0 Å².